The maximum atomic E-state index is 6.07. The first-order valence-electron chi connectivity index (χ1n) is 6.85. The molecule has 0 atom stereocenters. The Morgan fingerprint density at radius 2 is 1.63 bits per heavy atom. The van der Waals surface area contributed by atoms with Crippen LogP contribution in [0, 0.1) is 0 Å². The lowest BCUT2D eigenvalue weighted by Crippen LogP contribution is -1.97. The van der Waals surface area contributed by atoms with Gasteiger partial charge in [0, 0.05) is 18.1 Å². The first-order valence-corrected chi connectivity index (χ1v) is 7.23. The van der Waals surface area contributed by atoms with Gasteiger partial charge in [-0.15, -0.1) is 0 Å². The van der Waals surface area contributed by atoms with Crippen LogP contribution >= 0.6 is 11.6 Å². The van der Waals surface area contributed by atoms with Crippen molar-refractivity contribution >= 4 is 11.6 Å². The van der Waals surface area contributed by atoms with Gasteiger partial charge in [-0.2, -0.15) is 0 Å². The van der Waals surface area contributed by atoms with Crippen LogP contribution in [0.15, 0.2) is 30.3 Å². The van der Waals surface area contributed by atoms with Gasteiger partial charge in [0.2, 0.25) is 0 Å². The van der Waals surface area contributed by atoms with Gasteiger partial charge in [0.15, 0.2) is 0 Å². The van der Waals surface area contributed by atoms with E-state index in [1.807, 2.05) is 6.07 Å². The molecule has 0 saturated heterocycles. The first-order chi connectivity index (χ1) is 9.22. The largest absolute Gasteiger partial charge is 0.233 e. The molecule has 2 aromatic rings. The normalized spacial score (nSPS) is 10.7. The molecule has 0 N–H and O–H groups in total. The molecule has 3 heteroatoms. The summed E-state index contributed by atoms with van der Waals surface area (Å²) in [6.45, 7) is 4.30. The number of halogens is 1. The lowest BCUT2D eigenvalue weighted by atomic mass is 10.1. The molecule has 0 aliphatic heterocycles. The highest BCUT2D eigenvalue weighted by Gasteiger charge is 2.05. The zero-order valence-electron chi connectivity index (χ0n) is 11.5. The van der Waals surface area contributed by atoms with E-state index >= 15 is 0 Å². The second kappa shape index (κ2) is 6.67. The standard InChI is InChI=1S/C16H19ClN2/c1-3-5-12-7-9-13(10-8-12)14-11-15(17)19-16(18-14)6-4-2/h7-11H,3-6H2,1-2H3. The van der Waals surface area contributed by atoms with Crippen LogP contribution < -0.4 is 0 Å². The summed E-state index contributed by atoms with van der Waals surface area (Å²) in [5, 5.41) is 0.520. The fourth-order valence-corrected chi connectivity index (χ4v) is 2.28. The van der Waals surface area contributed by atoms with Crippen molar-refractivity contribution in [1.82, 2.24) is 9.97 Å². The van der Waals surface area contributed by atoms with E-state index in [4.69, 9.17) is 11.6 Å². The third-order valence-corrected chi connectivity index (χ3v) is 3.20. The van der Waals surface area contributed by atoms with Gasteiger partial charge in [-0.05, 0) is 18.4 Å². The molecule has 0 saturated carbocycles. The van der Waals surface area contributed by atoms with E-state index in [-0.39, 0.29) is 0 Å². The summed E-state index contributed by atoms with van der Waals surface area (Å²) in [5.41, 5.74) is 3.37. The number of nitrogens with zero attached hydrogens (tertiary/aromatic N) is 2. The average Bonchev–Trinajstić information content (AvgIpc) is 2.40. The summed E-state index contributed by atoms with van der Waals surface area (Å²) >= 11 is 6.07. The van der Waals surface area contributed by atoms with Crippen molar-refractivity contribution in [2.75, 3.05) is 0 Å². The molecule has 2 rings (SSSR count). The van der Waals surface area contributed by atoms with Crippen molar-refractivity contribution in [2.45, 2.75) is 39.5 Å². The Morgan fingerprint density at radius 1 is 0.947 bits per heavy atom. The Labute approximate surface area is 119 Å². The molecule has 0 unspecified atom stereocenters. The van der Waals surface area contributed by atoms with Crippen LogP contribution in [0.25, 0.3) is 11.3 Å². The Bertz CT molecular complexity index is 535. The van der Waals surface area contributed by atoms with E-state index < -0.39 is 0 Å². The fraction of sp³-hybridized carbons (Fsp3) is 0.375. The lowest BCUT2D eigenvalue weighted by molar-refractivity contribution is 0.836. The van der Waals surface area contributed by atoms with Gasteiger partial charge in [-0.25, -0.2) is 9.97 Å². The third-order valence-electron chi connectivity index (χ3n) is 3.00. The van der Waals surface area contributed by atoms with Crippen LogP contribution in [-0.2, 0) is 12.8 Å². The Kier molecular flexibility index (Phi) is 4.92. The smallest absolute Gasteiger partial charge is 0.133 e. The van der Waals surface area contributed by atoms with E-state index in [9.17, 15) is 0 Å². The number of benzene rings is 1. The van der Waals surface area contributed by atoms with Crippen LogP contribution in [0.4, 0.5) is 0 Å². The van der Waals surface area contributed by atoms with Crippen molar-refractivity contribution in [3.8, 4) is 11.3 Å². The minimum atomic E-state index is 0.520. The van der Waals surface area contributed by atoms with Gasteiger partial charge in [-0.1, -0.05) is 56.1 Å². The van der Waals surface area contributed by atoms with Gasteiger partial charge >= 0.3 is 0 Å². The van der Waals surface area contributed by atoms with Crippen LogP contribution in [0.2, 0.25) is 5.15 Å². The van der Waals surface area contributed by atoms with Crippen LogP contribution in [-0.4, -0.2) is 9.97 Å². The molecule has 0 aliphatic rings. The molecule has 19 heavy (non-hydrogen) atoms. The zero-order valence-corrected chi connectivity index (χ0v) is 12.2. The summed E-state index contributed by atoms with van der Waals surface area (Å²) in [6, 6.07) is 10.4. The summed E-state index contributed by atoms with van der Waals surface area (Å²) in [5.74, 6) is 0.822. The van der Waals surface area contributed by atoms with Crippen LogP contribution in [0.1, 0.15) is 38.1 Å². The van der Waals surface area contributed by atoms with Crippen molar-refractivity contribution in [1.29, 1.82) is 0 Å². The molecule has 0 radical (unpaired) electrons. The molecule has 100 valence electrons. The maximum Gasteiger partial charge on any atom is 0.133 e. The molecule has 0 spiro atoms. The number of aromatic nitrogens is 2. The highest BCUT2D eigenvalue weighted by molar-refractivity contribution is 6.29. The van der Waals surface area contributed by atoms with E-state index in [1.165, 1.54) is 12.0 Å². The molecule has 1 heterocycles. The molecule has 0 amide bonds. The van der Waals surface area contributed by atoms with E-state index in [0.717, 1.165) is 36.3 Å². The summed E-state index contributed by atoms with van der Waals surface area (Å²) in [7, 11) is 0. The highest BCUT2D eigenvalue weighted by atomic mass is 35.5. The van der Waals surface area contributed by atoms with Crippen LogP contribution in [0.3, 0.4) is 0 Å². The predicted octanol–water partition coefficient (Wildman–Crippen LogP) is 4.70. The molecule has 2 nitrogen and oxygen atoms in total. The van der Waals surface area contributed by atoms with Crippen molar-refractivity contribution in [3.05, 3.63) is 46.9 Å². The summed E-state index contributed by atoms with van der Waals surface area (Å²) in [6.07, 6.45) is 4.17. The topological polar surface area (TPSA) is 25.8 Å². The van der Waals surface area contributed by atoms with Gasteiger partial charge in [0.25, 0.3) is 0 Å². The second-order valence-corrected chi connectivity index (χ2v) is 5.08. The minimum absolute atomic E-state index is 0.520. The number of rotatable bonds is 5. The molecule has 1 aromatic carbocycles. The number of hydrogen-bond donors (Lipinski definition) is 0. The van der Waals surface area contributed by atoms with Gasteiger partial charge in [0.1, 0.15) is 11.0 Å². The summed E-state index contributed by atoms with van der Waals surface area (Å²) in [4.78, 5) is 8.82. The van der Waals surface area contributed by atoms with Gasteiger partial charge < -0.3 is 0 Å². The maximum absolute atomic E-state index is 6.07. The third kappa shape index (κ3) is 3.77. The Morgan fingerprint density at radius 3 is 2.26 bits per heavy atom. The monoisotopic (exact) mass is 274 g/mol. The van der Waals surface area contributed by atoms with E-state index in [1.54, 1.807) is 0 Å². The lowest BCUT2D eigenvalue weighted by Gasteiger charge is -2.06. The van der Waals surface area contributed by atoms with Gasteiger partial charge in [-0.3, -0.25) is 0 Å². The fourth-order valence-electron chi connectivity index (χ4n) is 2.08. The second-order valence-electron chi connectivity index (χ2n) is 4.69. The summed E-state index contributed by atoms with van der Waals surface area (Å²) < 4.78 is 0. The average molecular weight is 275 g/mol. The zero-order chi connectivity index (χ0) is 13.7. The molecular formula is C16H19ClN2. The Balaban J connectivity index is 2.29. The molecular weight excluding hydrogens is 256 g/mol. The van der Waals surface area contributed by atoms with Crippen molar-refractivity contribution in [3.63, 3.8) is 0 Å². The number of aryl methyl sites for hydroxylation is 2. The predicted molar refractivity (Wildman–Crippen MR) is 80.5 cm³/mol. The minimum Gasteiger partial charge on any atom is -0.233 e. The number of hydrogen-bond acceptors (Lipinski definition) is 2. The highest BCUT2D eigenvalue weighted by Crippen LogP contribution is 2.21. The molecule has 0 bridgehead atoms. The Hall–Kier alpha value is -1.41. The SMILES string of the molecule is CCCc1ccc(-c2cc(Cl)nc(CCC)n2)cc1. The van der Waals surface area contributed by atoms with E-state index in [2.05, 4.69) is 48.1 Å². The van der Waals surface area contributed by atoms with Gasteiger partial charge in [0.05, 0.1) is 5.69 Å². The molecule has 0 fully saturated rings. The van der Waals surface area contributed by atoms with Crippen molar-refractivity contribution in [2.24, 2.45) is 0 Å². The molecule has 0 aliphatic carbocycles. The first kappa shape index (κ1) is 14.0. The van der Waals surface area contributed by atoms with E-state index in [0.29, 0.717) is 5.15 Å². The quantitative estimate of drug-likeness (QED) is 0.739. The van der Waals surface area contributed by atoms with Crippen LogP contribution in [0.5, 0.6) is 0 Å². The molecule has 1 aromatic heterocycles. The van der Waals surface area contributed by atoms with Crippen molar-refractivity contribution < 1.29 is 0 Å².